The molecule has 1 rings (SSSR count). The lowest BCUT2D eigenvalue weighted by atomic mass is 9.94. The van der Waals surface area contributed by atoms with Gasteiger partial charge >= 0.3 is 0 Å². The minimum atomic E-state index is -0.113. The molecule has 0 heterocycles. The van der Waals surface area contributed by atoms with Crippen molar-refractivity contribution in [3.8, 4) is 12.1 Å². The Kier molecular flexibility index (Phi) is 3.23. The second-order valence-electron chi connectivity index (χ2n) is 3.08. The molecule has 3 heteroatoms. The molecule has 0 bridgehead atoms. The van der Waals surface area contributed by atoms with Gasteiger partial charge in [0.2, 0.25) is 0 Å². The van der Waals surface area contributed by atoms with Crippen LogP contribution in [-0.4, -0.2) is 11.7 Å². The average Bonchev–Trinajstić information content (AvgIpc) is 2.26. The Labute approximate surface area is 82.8 Å². The topological polar surface area (TPSA) is 67.8 Å². The van der Waals surface area contributed by atoms with Gasteiger partial charge in [0.25, 0.3) is 0 Å². The van der Waals surface area contributed by atoms with E-state index in [-0.39, 0.29) is 12.5 Å². The largest absolute Gasteiger partial charge is 0.396 e. The van der Waals surface area contributed by atoms with Crippen molar-refractivity contribution in [3.05, 3.63) is 34.9 Å². The van der Waals surface area contributed by atoms with Gasteiger partial charge in [-0.3, -0.25) is 0 Å². The van der Waals surface area contributed by atoms with E-state index in [1.54, 1.807) is 18.2 Å². The minimum Gasteiger partial charge on any atom is -0.396 e. The maximum Gasteiger partial charge on any atom is 0.101 e. The lowest BCUT2D eigenvalue weighted by Crippen LogP contribution is -2.03. The molecule has 0 saturated heterocycles. The van der Waals surface area contributed by atoms with E-state index in [1.807, 2.05) is 19.1 Å². The summed E-state index contributed by atoms with van der Waals surface area (Å²) in [6.07, 6.45) is 0. The van der Waals surface area contributed by atoms with Crippen molar-refractivity contribution in [2.24, 2.45) is 0 Å². The summed E-state index contributed by atoms with van der Waals surface area (Å²) >= 11 is 0. The molecule has 0 radical (unpaired) electrons. The summed E-state index contributed by atoms with van der Waals surface area (Å²) in [6, 6.07) is 9.05. The molecular weight excluding hydrogens is 176 g/mol. The van der Waals surface area contributed by atoms with Crippen LogP contribution in [0.5, 0.6) is 0 Å². The highest BCUT2D eigenvalue weighted by atomic mass is 16.3. The molecule has 1 N–H and O–H groups in total. The Balaban J connectivity index is 3.33. The molecule has 0 amide bonds. The monoisotopic (exact) mass is 186 g/mol. The molecule has 1 aromatic carbocycles. The Morgan fingerprint density at radius 3 is 2.57 bits per heavy atom. The quantitative estimate of drug-likeness (QED) is 0.761. The van der Waals surface area contributed by atoms with Crippen LogP contribution in [-0.2, 0) is 0 Å². The van der Waals surface area contributed by atoms with Crippen molar-refractivity contribution < 1.29 is 5.11 Å². The summed E-state index contributed by atoms with van der Waals surface area (Å²) in [6.45, 7) is 1.79. The van der Waals surface area contributed by atoms with E-state index < -0.39 is 0 Å². The molecule has 1 atom stereocenters. The van der Waals surface area contributed by atoms with E-state index >= 15 is 0 Å². The Hall–Kier alpha value is -1.84. The lowest BCUT2D eigenvalue weighted by molar-refractivity contribution is 0.273. The predicted octanol–water partition coefficient (Wildman–Crippen LogP) is 1.53. The first kappa shape index (κ1) is 10.2. The SMILES string of the molecule is CC(CO)c1cccc(C#N)c1C#N. The van der Waals surface area contributed by atoms with E-state index in [0.29, 0.717) is 11.1 Å². The lowest BCUT2D eigenvalue weighted by Gasteiger charge is -2.10. The summed E-state index contributed by atoms with van der Waals surface area (Å²) in [5.41, 5.74) is 1.47. The van der Waals surface area contributed by atoms with Gasteiger partial charge < -0.3 is 5.11 Å². The molecule has 0 saturated carbocycles. The summed E-state index contributed by atoms with van der Waals surface area (Å²) in [5, 5.41) is 26.6. The smallest absolute Gasteiger partial charge is 0.101 e. The van der Waals surface area contributed by atoms with Crippen LogP contribution in [0.15, 0.2) is 18.2 Å². The molecule has 0 fully saturated rings. The molecule has 0 aliphatic carbocycles. The fraction of sp³-hybridized carbons (Fsp3) is 0.273. The van der Waals surface area contributed by atoms with Gasteiger partial charge in [0.15, 0.2) is 0 Å². The zero-order chi connectivity index (χ0) is 10.6. The third-order valence-electron chi connectivity index (χ3n) is 2.13. The second kappa shape index (κ2) is 4.41. The minimum absolute atomic E-state index is 0.0242. The molecule has 14 heavy (non-hydrogen) atoms. The average molecular weight is 186 g/mol. The summed E-state index contributed by atoms with van der Waals surface area (Å²) < 4.78 is 0. The van der Waals surface area contributed by atoms with Crippen LogP contribution < -0.4 is 0 Å². The van der Waals surface area contributed by atoms with Crippen LogP contribution >= 0.6 is 0 Å². The van der Waals surface area contributed by atoms with E-state index in [4.69, 9.17) is 15.6 Å². The number of hydrogen-bond acceptors (Lipinski definition) is 3. The van der Waals surface area contributed by atoms with Crippen molar-refractivity contribution in [2.45, 2.75) is 12.8 Å². The van der Waals surface area contributed by atoms with E-state index in [0.717, 1.165) is 5.56 Å². The third-order valence-corrected chi connectivity index (χ3v) is 2.13. The van der Waals surface area contributed by atoms with Crippen LogP contribution in [0.3, 0.4) is 0 Å². The third kappa shape index (κ3) is 1.74. The van der Waals surface area contributed by atoms with Crippen molar-refractivity contribution in [3.63, 3.8) is 0 Å². The van der Waals surface area contributed by atoms with Crippen molar-refractivity contribution in [1.29, 1.82) is 10.5 Å². The number of nitriles is 2. The predicted molar refractivity (Wildman–Crippen MR) is 51.4 cm³/mol. The molecule has 0 aromatic heterocycles. The fourth-order valence-electron chi connectivity index (χ4n) is 1.30. The number of hydrogen-bond donors (Lipinski definition) is 1. The van der Waals surface area contributed by atoms with Gasteiger partial charge in [0.05, 0.1) is 11.1 Å². The molecule has 0 spiro atoms. The van der Waals surface area contributed by atoms with Crippen molar-refractivity contribution in [2.75, 3.05) is 6.61 Å². The standard InChI is InChI=1S/C11H10N2O/c1-8(7-14)10-4-2-3-9(5-12)11(10)6-13/h2-4,8,14H,7H2,1H3. The first-order chi connectivity index (χ1) is 6.74. The normalized spacial score (nSPS) is 11.4. The Bertz CT molecular complexity index is 412. The molecule has 0 aliphatic rings. The molecular formula is C11H10N2O. The van der Waals surface area contributed by atoms with Gasteiger partial charge in [0.1, 0.15) is 12.1 Å². The highest BCUT2D eigenvalue weighted by molar-refractivity contribution is 5.51. The zero-order valence-electron chi connectivity index (χ0n) is 7.86. The summed E-state index contributed by atoms with van der Waals surface area (Å²) in [5.74, 6) is -0.113. The van der Waals surface area contributed by atoms with Crippen LogP contribution in [0.4, 0.5) is 0 Å². The number of benzene rings is 1. The summed E-state index contributed by atoms with van der Waals surface area (Å²) in [4.78, 5) is 0. The van der Waals surface area contributed by atoms with Gasteiger partial charge in [-0.1, -0.05) is 19.1 Å². The van der Waals surface area contributed by atoms with Crippen molar-refractivity contribution in [1.82, 2.24) is 0 Å². The Morgan fingerprint density at radius 2 is 2.07 bits per heavy atom. The first-order valence-electron chi connectivity index (χ1n) is 4.28. The molecule has 70 valence electrons. The van der Waals surface area contributed by atoms with E-state index in [2.05, 4.69) is 0 Å². The highest BCUT2D eigenvalue weighted by Crippen LogP contribution is 2.21. The Morgan fingerprint density at radius 1 is 1.36 bits per heavy atom. The van der Waals surface area contributed by atoms with Gasteiger partial charge in [-0.25, -0.2) is 0 Å². The van der Waals surface area contributed by atoms with Gasteiger partial charge in [-0.15, -0.1) is 0 Å². The molecule has 0 aliphatic heterocycles. The van der Waals surface area contributed by atoms with Crippen LogP contribution in [0.1, 0.15) is 29.5 Å². The zero-order valence-corrected chi connectivity index (χ0v) is 7.86. The number of nitrogens with zero attached hydrogens (tertiary/aromatic N) is 2. The second-order valence-corrected chi connectivity index (χ2v) is 3.08. The van der Waals surface area contributed by atoms with Gasteiger partial charge in [0, 0.05) is 12.5 Å². The van der Waals surface area contributed by atoms with Crippen LogP contribution in [0.2, 0.25) is 0 Å². The number of aliphatic hydroxyl groups excluding tert-OH is 1. The van der Waals surface area contributed by atoms with Crippen LogP contribution in [0.25, 0.3) is 0 Å². The van der Waals surface area contributed by atoms with Gasteiger partial charge in [-0.05, 0) is 11.6 Å². The molecule has 1 aromatic rings. The van der Waals surface area contributed by atoms with Crippen LogP contribution in [0, 0.1) is 22.7 Å². The first-order valence-corrected chi connectivity index (χ1v) is 4.28. The highest BCUT2D eigenvalue weighted by Gasteiger charge is 2.12. The summed E-state index contributed by atoms with van der Waals surface area (Å²) in [7, 11) is 0. The number of rotatable bonds is 2. The fourth-order valence-corrected chi connectivity index (χ4v) is 1.30. The maximum absolute atomic E-state index is 8.98. The molecule has 3 nitrogen and oxygen atoms in total. The van der Waals surface area contributed by atoms with Gasteiger partial charge in [-0.2, -0.15) is 10.5 Å². The van der Waals surface area contributed by atoms with Crippen molar-refractivity contribution >= 4 is 0 Å². The van der Waals surface area contributed by atoms with E-state index in [9.17, 15) is 0 Å². The molecule has 1 unspecified atom stereocenters. The van der Waals surface area contributed by atoms with E-state index in [1.165, 1.54) is 0 Å². The maximum atomic E-state index is 8.98. The number of aliphatic hydroxyl groups is 1.